The Kier molecular flexibility index (Phi) is 8.50. The van der Waals surface area contributed by atoms with Gasteiger partial charge in [-0.3, -0.25) is 9.59 Å². The van der Waals surface area contributed by atoms with Gasteiger partial charge in [-0.1, -0.05) is 79.7 Å². The van der Waals surface area contributed by atoms with Crippen molar-refractivity contribution in [3.8, 4) is 0 Å². The van der Waals surface area contributed by atoms with Gasteiger partial charge in [-0.05, 0) is 49.5 Å². The molecule has 0 saturated heterocycles. The molecule has 0 spiro atoms. The zero-order chi connectivity index (χ0) is 22.4. The molecular formula is C27H30N2O3. The first kappa shape index (κ1) is 24.6. The lowest BCUT2D eigenvalue weighted by molar-refractivity contribution is -0.137. The summed E-state index contributed by atoms with van der Waals surface area (Å²) in [5, 5.41) is 18.8. The Morgan fingerprint density at radius 3 is 1.28 bits per heavy atom. The Morgan fingerprint density at radius 1 is 0.781 bits per heavy atom. The molecule has 0 heterocycles. The Hall–Kier alpha value is -3.70. The smallest absolute Gasteiger partial charge is 0.303 e. The summed E-state index contributed by atoms with van der Waals surface area (Å²) < 4.78 is 0. The lowest BCUT2D eigenvalue weighted by Gasteiger charge is -2.13. The van der Waals surface area contributed by atoms with Gasteiger partial charge in [0.25, 0.3) is 0 Å². The standard InChI is InChI=1S/C20H12.C4H8O2.C3H7NO.H3N/c1-5-13-6-2-11-17-18-12-4-8-14-7-3-10-16(20(14)18)15(9-1)19(13)17;1-2-3-4(5)6;1-4(2)3-5;/h1-12H;2-3H2,1H3,(H,5,6);3H,1-2H3;1H3. The molecule has 0 saturated carbocycles. The average Bonchev–Trinajstić information content (AvgIpc) is 2.78. The van der Waals surface area contributed by atoms with E-state index in [9.17, 15) is 9.59 Å². The molecule has 5 aromatic rings. The van der Waals surface area contributed by atoms with Crippen LogP contribution in [0.4, 0.5) is 0 Å². The second-order valence-corrected chi connectivity index (χ2v) is 7.63. The maximum absolute atomic E-state index is 9.60. The van der Waals surface area contributed by atoms with E-state index < -0.39 is 5.97 Å². The van der Waals surface area contributed by atoms with Crippen molar-refractivity contribution in [2.24, 2.45) is 0 Å². The van der Waals surface area contributed by atoms with E-state index in [0.717, 1.165) is 12.8 Å². The fourth-order valence-corrected chi connectivity index (χ4v) is 3.79. The molecule has 5 nitrogen and oxygen atoms in total. The van der Waals surface area contributed by atoms with E-state index in [1.807, 2.05) is 6.92 Å². The minimum atomic E-state index is -0.711. The number of benzene rings is 5. The van der Waals surface area contributed by atoms with Gasteiger partial charge >= 0.3 is 5.97 Å². The predicted molar refractivity (Wildman–Crippen MR) is 135 cm³/mol. The summed E-state index contributed by atoms with van der Waals surface area (Å²) in [6.45, 7) is 1.84. The molecule has 0 radical (unpaired) electrons. The van der Waals surface area contributed by atoms with Crippen molar-refractivity contribution in [3.63, 3.8) is 0 Å². The predicted octanol–water partition coefficient (Wildman–Crippen LogP) is 6.47. The summed E-state index contributed by atoms with van der Waals surface area (Å²) in [6.07, 6.45) is 1.77. The Bertz CT molecular complexity index is 1160. The summed E-state index contributed by atoms with van der Waals surface area (Å²) in [5.74, 6) is -0.711. The van der Waals surface area contributed by atoms with Crippen molar-refractivity contribution in [1.29, 1.82) is 0 Å². The normalized spacial score (nSPS) is 10.1. The summed E-state index contributed by atoms with van der Waals surface area (Å²) >= 11 is 0. The van der Waals surface area contributed by atoms with Gasteiger partial charge in [-0.15, -0.1) is 0 Å². The van der Waals surface area contributed by atoms with E-state index in [4.69, 9.17) is 5.11 Å². The van der Waals surface area contributed by atoms with Gasteiger partial charge in [0.05, 0.1) is 0 Å². The van der Waals surface area contributed by atoms with Crippen LogP contribution in [0.2, 0.25) is 0 Å². The molecule has 0 aromatic heterocycles. The van der Waals surface area contributed by atoms with Crippen LogP contribution in [0.25, 0.3) is 43.1 Å². The molecule has 5 heteroatoms. The molecule has 0 aliphatic rings. The maximum Gasteiger partial charge on any atom is 0.303 e. The minimum Gasteiger partial charge on any atom is -0.481 e. The van der Waals surface area contributed by atoms with Gasteiger partial charge in [-0.2, -0.15) is 0 Å². The number of nitrogens with zero attached hydrogens (tertiary/aromatic N) is 1. The third-order valence-electron chi connectivity index (χ3n) is 5.06. The fraction of sp³-hybridized carbons (Fsp3) is 0.185. The largest absolute Gasteiger partial charge is 0.481 e. The van der Waals surface area contributed by atoms with Crippen LogP contribution in [-0.2, 0) is 9.59 Å². The average molecular weight is 431 g/mol. The Labute approximate surface area is 188 Å². The Morgan fingerprint density at radius 2 is 1.09 bits per heavy atom. The number of carboxylic acids is 1. The summed E-state index contributed by atoms with van der Waals surface area (Å²) in [7, 11) is 3.38. The number of carbonyl (C=O) groups excluding carboxylic acids is 1. The monoisotopic (exact) mass is 430 g/mol. The highest BCUT2D eigenvalue weighted by Gasteiger charge is 2.11. The van der Waals surface area contributed by atoms with E-state index >= 15 is 0 Å². The van der Waals surface area contributed by atoms with Crippen molar-refractivity contribution in [1.82, 2.24) is 11.1 Å². The van der Waals surface area contributed by atoms with Crippen molar-refractivity contribution in [2.75, 3.05) is 14.1 Å². The van der Waals surface area contributed by atoms with Crippen molar-refractivity contribution in [3.05, 3.63) is 72.8 Å². The van der Waals surface area contributed by atoms with Crippen LogP contribution in [0.1, 0.15) is 19.8 Å². The van der Waals surface area contributed by atoms with Crippen LogP contribution < -0.4 is 6.15 Å². The number of amides is 1. The van der Waals surface area contributed by atoms with Crippen LogP contribution in [-0.4, -0.2) is 36.5 Å². The molecule has 5 aromatic carbocycles. The van der Waals surface area contributed by atoms with E-state index in [2.05, 4.69) is 72.8 Å². The summed E-state index contributed by atoms with van der Waals surface area (Å²) in [6, 6.07) is 26.4. The van der Waals surface area contributed by atoms with E-state index in [1.54, 1.807) is 14.1 Å². The lowest BCUT2D eigenvalue weighted by Crippen LogP contribution is -2.06. The first-order valence-electron chi connectivity index (χ1n) is 10.4. The number of hydrogen-bond acceptors (Lipinski definition) is 3. The lowest BCUT2D eigenvalue weighted by atomic mass is 9.90. The number of hydrogen-bond donors (Lipinski definition) is 2. The molecule has 166 valence electrons. The third-order valence-corrected chi connectivity index (χ3v) is 5.06. The molecule has 5 rings (SSSR count). The molecular weight excluding hydrogens is 400 g/mol. The van der Waals surface area contributed by atoms with Gasteiger partial charge in [0.15, 0.2) is 0 Å². The van der Waals surface area contributed by atoms with Gasteiger partial charge < -0.3 is 16.2 Å². The van der Waals surface area contributed by atoms with E-state index in [-0.39, 0.29) is 6.15 Å². The summed E-state index contributed by atoms with van der Waals surface area (Å²) in [5.41, 5.74) is 0. The molecule has 0 unspecified atom stereocenters. The van der Waals surface area contributed by atoms with Crippen molar-refractivity contribution >= 4 is 55.5 Å². The highest BCUT2D eigenvalue weighted by atomic mass is 16.4. The molecule has 0 bridgehead atoms. The molecule has 32 heavy (non-hydrogen) atoms. The highest BCUT2D eigenvalue weighted by Crippen LogP contribution is 2.39. The van der Waals surface area contributed by atoms with Crippen LogP contribution in [0, 0.1) is 0 Å². The van der Waals surface area contributed by atoms with Crippen LogP contribution >= 0.6 is 0 Å². The highest BCUT2D eigenvalue weighted by molar-refractivity contribution is 6.32. The number of aliphatic carboxylic acids is 1. The molecule has 0 fully saturated rings. The minimum absolute atomic E-state index is 0. The molecule has 1 amide bonds. The van der Waals surface area contributed by atoms with Gasteiger partial charge in [0, 0.05) is 20.5 Å². The van der Waals surface area contributed by atoms with Crippen LogP contribution in [0.5, 0.6) is 0 Å². The zero-order valence-corrected chi connectivity index (χ0v) is 18.8. The van der Waals surface area contributed by atoms with Crippen LogP contribution in [0.15, 0.2) is 72.8 Å². The number of carboxylic acid groups (broad SMARTS) is 1. The van der Waals surface area contributed by atoms with Gasteiger partial charge in [0.2, 0.25) is 6.41 Å². The Balaban J connectivity index is 0.000000257. The van der Waals surface area contributed by atoms with E-state index in [1.165, 1.54) is 48.0 Å². The first-order chi connectivity index (χ1) is 15.0. The number of carbonyl (C=O) groups is 2. The third kappa shape index (κ3) is 5.13. The number of rotatable bonds is 3. The van der Waals surface area contributed by atoms with Gasteiger partial charge in [0.1, 0.15) is 0 Å². The van der Waals surface area contributed by atoms with Crippen LogP contribution in [0.3, 0.4) is 0 Å². The molecule has 0 aliphatic heterocycles. The van der Waals surface area contributed by atoms with Gasteiger partial charge in [-0.25, -0.2) is 0 Å². The maximum atomic E-state index is 9.60. The first-order valence-corrected chi connectivity index (χ1v) is 10.4. The zero-order valence-electron chi connectivity index (χ0n) is 18.8. The molecule has 0 atom stereocenters. The SMILES string of the molecule is CCCC(=O)O.CN(C)C=O.N.c1cc2cccc3c4cccc5cccc(c(c1)c23)c54. The molecule has 4 N–H and O–H groups in total. The second kappa shape index (κ2) is 11.1. The van der Waals surface area contributed by atoms with E-state index in [0.29, 0.717) is 6.42 Å². The van der Waals surface area contributed by atoms with Crippen molar-refractivity contribution in [2.45, 2.75) is 19.8 Å². The summed E-state index contributed by atoms with van der Waals surface area (Å²) in [4.78, 5) is 20.5. The quantitative estimate of drug-likeness (QED) is 0.195. The fourth-order valence-electron chi connectivity index (χ4n) is 3.79. The molecule has 0 aliphatic carbocycles. The number of fused-ring (bicyclic) bond motifs is 2. The van der Waals surface area contributed by atoms with Crippen molar-refractivity contribution < 1.29 is 14.7 Å². The second-order valence-electron chi connectivity index (χ2n) is 7.63. The topological polar surface area (TPSA) is 92.6 Å².